The number of piperazine rings is 1. The summed E-state index contributed by atoms with van der Waals surface area (Å²) in [5, 5.41) is 6.42. The average Bonchev–Trinajstić information content (AvgIpc) is 1.91. The van der Waals surface area contributed by atoms with E-state index in [1.54, 1.807) is 6.61 Å². The summed E-state index contributed by atoms with van der Waals surface area (Å²) in [6.07, 6.45) is 0.184. The maximum absolute atomic E-state index is 5.18. The van der Waals surface area contributed by atoms with Gasteiger partial charge in [-0.25, -0.2) is 0 Å². The Balaban J connectivity index is 2.08. The molecule has 0 bridgehead atoms. The average molecular weight is 129 g/mol. The summed E-state index contributed by atoms with van der Waals surface area (Å²) in [6.45, 7) is 6.55. The second-order valence-electron chi connectivity index (χ2n) is 2.02. The van der Waals surface area contributed by atoms with E-state index >= 15 is 0 Å². The number of hydrogen-bond donors (Lipinski definition) is 2. The van der Waals surface area contributed by atoms with Crippen LogP contribution in [0, 0.1) is 6.61 Å². The molecular formula is C6H13N2O. The van der Waals surface area contributed by atoms with Crippen LogP contribution in [0.15, 0.2) is 0 Å². The predicted octanol–water partition coefficient (Wildman–Crippen LogP) is -0.296. The van der Waals surface area contributed by atoms with E-state index in [-0.39, 0.29) is 6.23 Å². The van der Waals surface area contributed by atoms with Gasteiger partial charge in [0.25, 0.3) is 0 Å². The highest BCUT2D eigenvalue weighted by atomic mass is 16.5. The minimum absolute atomic E-state index is 0.184. The molecule has 9 heavy (non-hydrogen) atoms. The third-order valence-corrected chi connectivity index (χ3v) is 1.30. The largest absolute Gasteiger partial charge is 0.356 e. The van der Waals surface area contributed by atoms with Crippen molar-refractivity contribution in [3.63, 3.8) is 0 Å². The van der Waals surface area contributed by atoms with Gasteiger partial charge in [0.1, 0.15) is 6.23 Å². The monoisotopic (exact) mass is 129 g/mol. The standard InChI is InChI=1S/C6H13N2O/c1-2-9-6-5-7-3-4-8-6/h2,6-8H,3-5H2,1H3. The molecule has 1 aliphatic heterocycles. The van der Waals surface area contributed by atoms with Crippen molar-refractivity contribution in [2.24, 2.45) is 0 Å². The maximum atomic E-state index is 5.18. The van der Waals surface area contributed by atoms with E-state index in [2.05, 4.69) is 10.6 Å². The Morgan fingerprint density at radius 2 is 2.44 bits per heavy atom. The van der Waals surface area contributed by atoms with Gasteiger partial charge in [0, 0.05) is 19.6 Å². The molecule has 1 radical (unpaired) electrons. The van der Waals surface area contributed by atoms with Crippen LogP contribution in [0.25, 0.3) is 0 Å². The van der Waals surface area contributed by atoms with Gasteiger partial charge in [0.2, 0.25) is 0 Å². The molecule has 2 N–H and O–H groups in total. The summed E-state index contributed by atoms with van der Waals surface area (Å²) in [5.41, 5.74) is 0. The number of ether oxygens (including phenoxy) is 1. The van der Waals surface area contributed by atoms with E-state index in [0.29, 0.717) is 0 Å². The van der Waals surface area contributed by atoms with E-state index in [1.165, 1.54) is 0 Å². The van der Waals surface area contributed by atoms with Gasteiger partial charge < -0.3 is 10.1 Å². The highest BCUT2D eigenvalue weighted by Crippen LogP contribution is 1.90. The van der Waals surface area contributed by atoms with Crippen LogP contribution in [-0.2, 0) is 4.74 Å². The highest BCUT2D eigenvalue weighted by Gasteiger charge is 2.09. The molecule has 1 aliphatic rings. The lowest BCUT2D eigenvalue weighted by atomic mass is 10.4. The Morgan fingerprint density at radius 3 is 3.00 bits per heavy atom. The molecule has 1 saturated heterocycles. The lowest BCUT2D eigenvalue weighted by Crippen LogP contribution is -2.49. The Morgan fingerprint density at radius 1 is 1.56 bits per heavy atom. The highest BCUT2D eigenvalue weighted by molar-refractivity contribution is 4.67. The Bertz CT molecular complexity index is 68.7. The van der Waals surface area contributed by atoms with Crippen molar-refractivity contribution in [3.05, 3.63) is 6.61 Å². The number of hydrogen-bond acceptors (Lipinski definition) is 3. The van der Waals surface area contributed by atoms with Crippen molar-refractivity contribution in [1.29, 1.82) is 0 Å². The number of rotatable bonds is 2. The van der Waals surface area contributed by atoms with Gasteiger partial charge in [-0.2, -0.15) is 0 Å². The van der Waals surface area contributed by atoms with Crippen molar-refractivity contribution in [2.45, 2.75) is 13.2 Å². The fourth-order valence-corrected chi connectivity index (χ4v) is 0.887. The SMILES string of the molecule is C[CH]OC1CNCCN1. The lowest BCUT2D eigenvalue weighted by Gasteiger charge is -2.23. The summed E-state index contributed by atoms with van der Waals surface area (Å²) in [6, 6.07) is 0. The smallest absolute Gasteiger partial charge is 0.121 e. The van der Waals surface area contributed by atoms with Crippen molar-refractivity contribution in [3.8, 4) is 0 Å². The minimum Gasteiger partial charge on any atom is -0.356 e. The molecule has 1 fully saturated rings. The molecule has 3 heteroatoms. The second-order valence-corrected chi connectivity index (χ2v) is 2.02. The molecule has 1 atom stereocenters. The van der Waals surface area contributed by atoms with Crippen LogP contribution < -0.4 is 10.6 Å². The summed E-state index contributed by atoms with van der Waals surface area (Å²) in [7, 11) is 0. The third kappa shape index (κ3) is 2.30. The van der Waals surface area contributed by atoms with Crippen LogP contribution in [0.4, 0.5) is 0 Å². The van der Waals surface area contributed by atoms with Crippen molar-refractivity contribution in [1.82, 2.24) is 10.6 Å². The van der Waals surface area contributed by atoms with Gasteiger partial charge in [-0.05, 0) is 6.92 Å². The topological polar surface area (TPSA) is 33.3 Å². The van der Waals surface area contributed by atoms with E-state index in [4.69, 9.17) is 4.74 Å². The zero-order valence-electron chi connectivity index (χ0n) is 5.68. The van der Waals surface area contributed by atoms with Crippen molar-refractivity contribution >= 4 is 0 Å². The Kier molecular flexibility index (Phi) is 2.97. The van der Waals surface area contributed by atoms with Gasteiger partial charge in [0.05, 0.1) is 6.61 Å². The molecule has 1 rings (SSSR count). The van der Waals surface area contributed by atoms with E-state index in [9.17, 15) is 0 Å². The predicted molar refractivity (Wildman–Crippen MR) is 35.7 cm³/mol. The normalized spacial score (nSPS) is 28.3. The van der Waals surface area contributed by atoms with Crippen molar-refractivity contribution in [2.75, 3.05) is 19.6 Å². The summed E-state index contributed by atoms with van der Waals surface area (Å²) in [4.78, 5) is 0. The maximum Gasteiger partial charge on any atom is 0.121 e. The van der Waals surface area contributed by atoms with Crippen LogP contribution in [0.2, 0.25) is 0 Å². The molecule has 1 heterocycles. The fraction of sp³-hybridized carbons (Fsp3) is 0.833. The molecule has 53 valence electrons. The molecule has 0 aromatic carbocycles. The minimum atomic E-state index is 0.184. The molecule has 0 aliphatic carbocycles. The first kappa shape index (κ1) is 6.99. The molecule has 1 unspecified atom stereocenters. The first-order valence-electron chi connectivity index (χ1n) is 3.31. The van der Waals surface area contributed by atoms with Crippen LogP contribution in [0.1, 0.15) is 6.92 Å². The molecule has 0 aromatic rings. The summed E-state index contributed by atoms with van der Waals surface area (Å²) >= 11 is 0. The van der Waals surface area contributed by atoms with Crippen molar-refractivity contribution < 1.29 is 4.74 Å². The van der Waals surface area contributed by atoms with Gasteiger partial charge in [-0.1, -0.05) is 0 Å². The van der Waals surface area contributed by atoms with Gasteiger partial charge >= 0.3 is 0 Å². The lowest BCUT2D eigenvalue weighted by molar-refractivity contribution is 0.0680. The van der Waals surface area contributed by atoms with Gasteiger partial charge in [-0.15, -0.1) is 0 Å². The molecule has 0 saturated carbocycles. The first-order chi connectivity index (χ1) is 4.43. The Labute approximate surface area is 55.8 Å². The summed E-state index contributed by atoms with van der Waals surface area (Å²) < 4.78 is 5.18. The third-order valence-electron chi connectivity index (χ3n) is 1.30. The molecule has 0 spiro atoms. The van der Waals surface area contributed by atoms with Crippen LogP contribution in [-0.4, -0.2) is 25.9 Å². The van der Waals surface area contributed by atoms with E-state index < -0.39 is 0 Å². The van der Waals surface area contributed by atoms with Gasteiger partial charge in [-0.3, -0.25) is 5.32 Å². The fourth-order valence-electron chi connectivity index (χ4n) is 0.887. The zero-order chi connectivity index (χ0) is 6.53. The Hall–Kier alpha value is -0.120. The van der Waals surface area contributed by atoms with Crippen LogP contribution in [0.3, 0.4) is 0 Å². The van der Waals surface area contributed by atoms with Gasteiger partial charge in [0.15, 0.2) is 0 Å². The van der Waals surface area contributed by atoms with Crippen LogP contribution >= 0.6 is 0 Å². The molecule has 0 amide bonds. The molecule has 3 nitrogen and oxygen atoms in total. The zero-order valence-corrected chi connectivity index (χ0v) is 5.68. The van der Waals surface area contributed by atoms with Crippen LogP contribution in [0.5, 0.6) is 0 Å². The molecule has 0 aromatic heterocycles. The quantitative estimate of drug-likeness (QED) is 0.537. The first-order valence-corrected chi connectivity index (χ1v) is 3.31. The molecular weight excluding hydrogens is 116 g/mol. The van der Waals surface area contributed by atoms with E-state index in [1.807, 2.05) is 6.92 Å². The summed E-state index contributed by atoms with van der Waals surface area (Å²) in [5.74, 6) is 0. The number of nitrogens with one attached hydrogen (secondary N) is 2. The van der Waals surface area contributed by atoms with E-state index in [0.717, 1.165) is 19.6 Å². The second kappa shape index (κ2) is 3.82.